The molecule has 3 heterocycles. The van der Waals surface area contributed by atoms with Gasteiger partial charge in [-0.3, -0.25) is 0 Å². The number of rotatable bonds is 6. The summed E-state index contributed by atoms with van der Waals surface area (Å²) in [4.78, 5) is 8.60. The zero-order valence-electron chi connectivity index (χ0n) is 15.9. The third-order valence-corrected chi connectivity index (χ3v) is 4.67. The number of hydrogen-bond donors (Lipinski definition) is 1. The molecule has 2 N–H and O–H groups in total. The van der Waals surface area contributed by atoms with Crippen molar-refractivity contribution in [3.05, 3.63) is 77.7 Å². The van der Waals surface area contributed by atoms with Crippen LogP contribution in [0.3, 0.4) is 0 Å². The summed E-state index contributed by atoms with van der Waals surface area (Å²) in [6.07, 6.45) is 5.68. The van der Waals surface area contributed by atoms with Gasteiger partial charge >= 0.3 is 0 Å². The number of nitrogens with zero attached hydrogens (tertiary/aromatic N) is 3. The Balaban J connectivity index is 1.68. The van der Waals surface area contributed by atoms with Gasteiger partial charge in [-0.15, -0.1) is 0 Å². The molecule has 0 amide bonds. The van der Waals surface area contributed by atoms with Crippen molar-refractivity contribution in [1.82, 2.24) is 14.5 Å². The van der Waals surface area contributed by atoms with Gasteiger partial charge < -0.3 is 19.8 Å². The molecule has 0 saturated heterocycles. The number of fused-ring (bicyclic) bond motifs is 1. The van der Waals surface area contributed by atoms with Crippen LogP contribution in [0.25, 0.3) is 10.9 Å². The molecule has 0 aliphatic heterocycles. The number of ether oxygens (including phenoxy) is 2. The van der Waals surface area contributed by atoms with E-state index >= 15 is 0 Å². The number of hydrogen-bond acceptors (Lipinski definition) is 5. The topological polar surface area (TPSA) is 75.2 Å². The molecule has 0 radical (unpaired) electrons. The lowest BCUT2D eigenvalue weighted by Crippen LogP contribution is -1.99. The van der Waals surface area contributed by atoms with E-state index in [0.717, 1.165) is 33.3 Å². The van der Waals surface area contributed by atoms with Crippen LogP contribution >= 0.6 is 0 Å². The van der Waals surface area contributed by atoms with E-state index in [1.54, 1.807) is 13.3 Å². The molecule has 0 bridgehead atoms. The van der Waals surface area contributed by atoms with Crippen LogP contribution in [0.15, 0.2) is 61.1 Å². The largest absolute Gasteiger partial charge is 0.481 e. The van der Waals surface area contributed by atoms with Crippen LogP contribution in [0.1, 0.15) is 16.7 Å². The van der Waals surface area contributed by atoms with E-state index in [9.17, 15) is 0 Å². The number of aryl methyl sites for hydroxylation is 1. The maximum atomic E-state index is 6.10. The molecule has 142 valence electrons. The van der Waals surface area contributed by atoms with Crippen LogP contribution in [0, 0.1) is 6.92 Å². The molecule has 3 aromatic heterocycles. The van der Waals surface area contributed by atoms with E-state index in [1.165, 1.54) is 0 Å². The summed E-state index contributed by atoms with van der Waals surface area (Å²) < 4.78 is 13.4. The molecule has 0 aliphatic carbocycles. The standard InChI is InChI=1S/C22H22N4O2/c1-15-13-26(14-17-6-7-20(27-2)25-12-17)18-4-3-5-19(22(15)18)28-21-10-16(11-23)8-9-24-21/h3-10,12-13H,11,14,23H2,1-2H3. The minimum Gasteiger partial charge on any atom is -0.481 e. The molecule has 0 aliphatic rings. The molecule has 0 unspecified atom stereocenters. The Morgan fingerprint density at radius 3 is 2.68 bits per heavy atom. The SMILES string of the molecule is COc1ccc(Cn2cc(C)c3c(Oc4cc(CN)ccn4)cccc32)cn1. The highest BCUT2D eigenvalue weighted by atomic mass is 16.5. The maximum Gasteiger partial charge on any atom is 0.219 e. The van der Waals surface area contributed by atoms with Crippen molar-refractivity contribution in [3.63, 3.8) is 0 Å². The first-order valence-electron chi connectivity index (χ1n) is 9.08. The Morgan fingerprint density at radius 2 is 1.93 bits per heavy atom. The Kier molecular flexibility index (Phi) is 4.95. The molecule has 0 saturated carbocycles. The van der Waals surface area contributed by atoms with Gasteiger partial charge in [0, 0.05) is 49.2 Å². The fraction of sp³-hybridized carbons (Fsp3) is 0.182. The van der Waals surface area contributed by atoms with Crippen molar-refractivity contribution >= 4 is 10.9 Å². The van der Waals surface area contributed by atoms with Crippen molar-refractivity contribution in [2.75, 3.05) is 7.11 Å². The predicted molar refractivity (Wildman–Crippen MR) is 109 cm³/mol. The second-order valence-corrected chi connectivity index (χ2v) is 6.61. The van der Waals surface area contributed by atoms with Crippen LogP contribution in [-0.2, 0) is 13.1 Å². The Labute approximate surface area is 163 Å². The van der Waals surface area contributed by atoms with Crippen molar-refractivity contribution in [3.8, 4) is 17.5 Å². The first kappa shape index (κ1) is 18.0. The van der Waals surface area contributed by atoms with E-state index in [4.69, 9.17) is 15.2 Å². The molecule has 1 aromatic carbocycles. The minimum atomic E-state index is 0.453. The van der Waals surface area contributed by atoms with Gasteiger partial charge in [0.2, 0.25) is 11.8 Å². The zero-order valence-corrected chi connectivity index (χ0v) is 15.9. The monoisotopic (exact) mass is 374 g/mol. The molecule has 28 heavy (non-hydrogen) atoms. The highest BCUT2D eigenvalue weighted by Gasteiger charge is 2.12. The molecule has 4 rings (SSSR count). The first-order valence-corrected chi connectivity index (χ1v) is 9.08. The Bertz CT molecular complexity index is 1100. The van der Waals surface area contributed by atoms with Crippen LogP contribution < -0.4 is 15.2 Å². The van der Waals surface area contributed by atoms with Gasteiger partial charge in [-0.25, -0.2) is 9.97 Å². The van der Waals surface area contributed by atoms with Gasteiger partial charge in [0.25, 0.3) is 0 Å². The second-order valence-electron chi connectivity index (χ2n) is 6.61. The van der Waals surface area contributed by atoms with Crippen molar-refractivity contribution < 1.29 is 9.47 Å². The summed E-state index contributed by atoms with van der Waals surface area (Å²) in [7, 11) is 1.62. The van der Waals surface area contributed by atoms with E-state index in [0.29, 0.717) is 24.8 Å². The van der Waals surface area contributed by atoms with Crippen LogP contribution in [0.5, 0.6) is 17.5 Å². The van der Waals surface area contributed by atoms with E-state index < -0.39 is 0 Å². The quantitative estimate of drug-likeness (QED) is 0.551. The fourth-order valence-electron chi connectivity index (χ4n) is 3.31. The lowest BCUT2D eigenvalue weighted by molar-refractivity contribution is 0.397. The molecule has 0 atom stereocenters. The fourth-order valence-corrected chi connectivity index (χ4v) is 3.31. The Morgan fingerprint density at radius 1 is 1.04 bits per heavy atom. The normalized spacial score (nSPS) is 11.0. The third-order valence-electron chi connectivity index (χ3n) is 4.67. The lowest BCUT2D eigenvalue weighted by Gasteiger charge is -2.09. The number of benzene rings is 1. The lowest BCUT2D eigenvalue weighted by atomic mass is 10.2. The molecule has 6 heteroatoms. The van der Waals surface area contributed by atoms with Crippen molar-refractivity contribution in [2.45, 2.75) is 20.0 Å². The molecule has 4 aromatic rings. The summed E-state index contributed by atoms with van der Waals surface area (Å²) >= 11 is 0. The summed E-state index contributed by atoms with van der Waals surface area (Å²) in [6.45, 7) is 3.25. The average Bonchev–Trinajstić information content (AvgIpc) is 3.05. The van der Waals surface area contributed by atoms with E-state index in [1.807, 2.05) is 42.6 Å². The minimum absolute atomic E-state index is 0.453. The number of pyridine rings is 2. The van der Waals surface area contributed by atoms with Gasteiger partial charge in [0.15, 0.2) is 0 Å². The highest BCUT2D eigenvalue weighted by Crippen LogP contribution is 2.33. The van der Waals surface area contributed by atoms with Gasteiger partial charge in [-0.2, -0.15) is 0 Å². The molecule has 6 nitrogen and oxygen atoms in total. The summed E-state index contributed by atoms with van der Waals surface area (Å²) in [5, 5.41) is 1.07. The Hall–Kier alpha value is -3.38. The zero-order chi connectivity index (χ0) is 19.5. The third kappa shape index (κ3) is 3.54. The molecule has 0 spiro atoms. The van der Waals surface area contributed by atoms with Gasteiger partial charge in [-0.05, 0) is 41.8 Å². The van der Waals surface area contributed by atoms with Crippen LogP contribution in [0.4, 0.5) is 0 Å². The summed E-state index contributed by atoms with van der Waals surface area (Å²) in [5.74, 6) is 1.94. The van der Waals surface area contributed by atoms with E-state index in [-0.39, 0.29) is 0 Å². The highest BCUT2D eigenvalue weighted by molar-refractivity contribution is 5.90. The first-order chi connectivity index (χ1) is 13.7. The summed E-state index contributed by atoms with van der Waals surface area (Å²) in [6, 6.07) is 13.7. The van der Waals surface area contributed by atoms with Crippen molar-refractivity contribution in [1.29, 1.82) is 0 Å². The molecule has 0 fully saturated rings. The van der Waals surface area contributed by atoms with E-state index in [2.05, 4.69) is 33.7 Å². The second kappa shape index (κ2) is 7.70. The van der Waals surface area contributed by atoms with Gasteiger partial charge in [-0.1, -0.05) is 12.1 Å². The van der Waals surface area contributed by atoms with Crippen LogP contribution in [-0.4, -0.2) is 21.6 Å². The molecular formula is C22H22N4O2. The van der Waals surface area contributed by atoms with Gasteiger partial charge in [0.1, 0.15) is 5.75 Å². The summed E-state index contributed by atoms with van der Waals surface area (Å²) in [5.41, 5.74) is 10.0. The number of aromatic nitrogens is 3. The number of nitrogens with two attached hydrogens (primary N) is 1. The maximum absolute atomic E-state index is 6.10. The average molecular weight is 374 g/mol. The van der Waals surface area contributed by atoms with Gasteiger partial charge in [0.05, 0.1) is 12.6 Å². The predicted octanol–water partition coefficient (Wildman–Crippen LogP) is 4.05. The van der Waals surface area contributed by atoms with Crippen molar-refractivity contribution in [2.24, 2.45) is 5.73 Å². The molecular weight excluding hydrogens is 352 g/mol. The number of methoxy groups -OCH3 is 1. The van der Waals surface area contributed by atoms with Crippen LogP contribution in [0.2, 0.25) is 0 Å². The smallest absolute Gasteiger partial charge is 0.219 e.